The highest BCUT2D eigenvalue weighted by Crippen LogP contribution is 2.66. The van der Waals surface area contributed by atoms with Crippen LogP contribution in [0.1, 0.15) is 86.0 Å². The number of hydrogen-bond acceptors (Lipinski definition) is 4. The van der Waals surface area contributed by atoms with Gasteiger partial charge >= 0.3 is 0 Å². The molecule has 0 spiro atoms. The second-order valence-electron chi connectivity index (χ2n) is 12.1. The maximum Gasteiger partial charge on any atom is 0.243 e. The van der Waals surface area contributed by atoms with Crippen molar-refractivity contribution in [2.75, 3.05) is 13.1 Å². The Morgan fingerprint density at radius 1 is 1.17 bits per heavy atom. The van der Waals surface area contributed by atoms with Crippen molar-refractivity contribution >= 4 is 11.7 Å². The molecule has 4 unspecified atom stereocenters. The molecule has 2 N–H and O–H groups in total. The van der Waals surface area contributed by atoms with Crippen LogP contribution in [0, 0.1) is 40.9 Å². The first-order chi connectivity index (χ1) is 16.5. The third kappa shape index (κ3) is 5.47. The standard InChI is InChI=1S/C30H47N3O2/c1-9-11-15-24(27(34)21(4)31-18-10-2)32-28(35)26-25-23(29(25,6)7)19-33(26)22(5)20(3)30(8)16-13-12-14-17-30/h1,20,23-26,31H,4-5,10-19H2,2-3,6-8H3,(H,32,35)/t20?,23-,24?,25?,26?/m0/s1. The molecule has 2 saturated carbocycles. The van der Waals surface area contributed by atoms with Crippen molar-refractivity contribution in [2.45, 2.75) is 98.1 Å². The number of piperidine rings is 1. The van der Waals surface area contributed by atoms with Gasteiger partial charge in [-0.2, -0.15) is 0 Å². The van der Waals surface area contributed by atoms with Crippen LogP contribution in [0.3, 0.4) is 0 Å². The first-order valence-corrected chi connectivity index (χ1v) is 13.7. The summed E-state index contributed by atoms with van der Waals surface area (Å²) >= 11 is 0. The molecule has 1 heterocycles. The number of nitrogens with one attached hydrogen (secondary N) is 2. The number of amides is 1. The maximum atomic E-state index is 13.8. The fraction of sp³-hybridized carbons (Fsp3) is 0.733. The monoisotopic (exact) mass is 481 g/mol. The maximum absolute atomic E-state index is 13.8. The SMILES string of the molecule is C#CCCC(NC(=O)C1C2[C@H](CN1C(=C)C(C)C1(C)CCCCC1)C2(C)C)C(=O)C(=C)NCCC. The molecular formula is C30H47N3O2. The zero-order valence-corrected chi connectivity index (χ0v) is 22.7. The Morgan fingerprint density at radius 3 is 2.43 bits per heavy atom. The molecule has 3 fully saturated rings. The van der Waals surface area contributed by atoms with Gasteiger partial charge in [0.25, 0.3) is 0 Å². The molecule has 5 atom stereocenters. The van der Waals surface area contributed by atoms with E-state index < -0.39 is 6.04 Å². The van der Waals surface area contributed by atoms with E-state index in [9.17, 15) is 9.59 Å². The Kier molecular flexibility index (Phi) is 8.45. The minimum absolute atomic E-state index is 0.0797. The van der Waals surface area contributed by atoms with Crippen LogP contribution in [0.5, 0.6) is 0 Å². The summed E-state index contributed by atoms with van der Waals surface area (Å²) in [4.78, 5) is 29.2. The molecule has 3 rings (SSSR count). The number of fused-ring (bicyclic) bond motifs is 1. The summed E-state index contributed by atoms with van der Waals surface area (Å²) in [5, 5.41) is 6.16. The quantitative estimate of drug-likeness (QED) is 0.303. The minimum Gasteiger partial charge on any atom is -0.383 e. The average Bonchev–Trinajstić information content (AvgIpc) is 3.17. The number of likely N-dealkylation sites (tertiary alicyclic amines) is 1. The molecule has 5 nitrogen and oxygen atoms in total. The molecule has 5 heteroatoms. The lowest BCUT2D eigenvalue weighted by atomic mass is 9.66. The normalized spacial score (nSPS) is 27.7. The first kappa shape index (κ1) is 27.4. The lowest BCUT2D eigenvalue weighted by Crippen LogP contribution is -2.53. The number of carbonyl (C=O) groups excluding carboxylic acids is 2. The summed E-state index contributed by atoms with van der Waals surface area (Å²) < 4.78 is 0. The van der Waals surface area contributed by atoms with Crippen LogP contribution in [0.2, 0.25) is 0 Å². The molecule has 1 saturated heterocycles. The van der Waals surface area contributed by atoms with Crippen molar-refractivity contribution in [3.8, 4) is 12.3 Å². The Labute approximate surface area is 213 Å². The van der Waals surface area contributed by atoms with Gasteiger partial charge in [0.15, 0.2) is 5.78 Å². The van der Waals surface area contributed by atoms with Crippen molar-refractivity contribution < 1.29 is 9.59 Å². The molecule has 0 bridgehead atoms. The predicted octanol–water partition coefficient (Wildman–Crippen LogP) is 5.04. The van der Waals surface area contributed by atoms with Crippen LogP contribution in [0.25, 0.3) is 0 Å². The van der Waals surface area contributed by atoms with E-state index in [2.05, 4.69) is 62.3 Å². The molecule has 2 aliphatic carbocycles. The summed E-state index contributed by atoms with van der Waals surface area (Å²) in [6.45, 7) is 21.2. The van der Waals surface area contributed by atoms with Gasteiger partial charge < -0.3 is 15.5 Å². The zero-order valence-electron chi connectivity index (χ0n) is 22.7. The Hall–Kier alpha value is -2.22. The molecule has 0 aromatic carbocycles. The van der Waals surface area contributed by atoms with Gasteiger partial charge in [-0.3, -0.25) is 9.59 Å². The summed E-state index contributed by atoms with van der Waals surface area (Å²) in [5.41, 5.74) is 1.77. The Balaban J connectivity index is 1.78. The average molecular weight is 482 g/mol. The summed E-state index contributed by atoms with van der Waals surface area (Å²) in [6.07, 6.45) is 13.5. The Morgan fingerprint density at radius 2 is 1.83 bits per heavy atom. The number of allylic oxidation sites excluding steroid dienone is 1. The van der Waals surface area contributed by atoms with Gasteiger partial charge in [0.2, 0.25) is 5.91 Å². The minimum atomic E-state index is -0.667. The number of nitrogens with zero attached hydrogens (tertiary/aromatic N) is 1. The van der Waals surface area contributed by atoms with E-state index in [-0.39, 0.29) is 34.5 Å². The van der Waals surface area contributed by atoms with Gasteiger partial charge in [0.1, 0.15) is 6.04 Å². The second kappa shape index (κ2) is 10.8. The molecule has 35 heavy (non-hydrogen) atoms. The van der Waals surface area contributed by atoms with Crippen molar-refractivity contribution in [3.63, 3.8) is 0 Å². The number of ketones is 1. The molecule has 0 aromatic heterocycles. The third-order valence-corrected chi connectivity index (χ3v) is 9.48. The topological polar surface area (TPSA) is 61.4 Å². The summed E-state index contributed by atoms with van der Waals surface area (Å²) in [6, 6.07) is -0.963. The smallest absolute Gasteiger partial charge is 0.243 e. The molecule has 0 radical (unpaired) electrons. The zero-order chi connectivity index (χ0) is 26.0. The van der Waals surface area contributed by atoms with E-state index in [0.29, 0.717) is 36.9 Å². The summed E-state index contributed by atoms with van der Waals surface area (Å²) in [7, 11) is 0. The molecule has 3 aliphatic rings. The van der Waals surface area contributed by atoms with Gasteiger partial charge in [0.05, 0.1) is 11.7 Å². The van der Waals surface area contributed by atoms with Gasteiger partial charge in [-0.05, 0) is 48.3 Å². The Bertz CT molecular complexity index is 877. The number of hydrogen-bond donors (Lipinski definition) is 2. The largest absolute Gasteiger partial charge is 0.383 e. The number of carbonyl (C=O) groups is 2. The lowest BCUT2D eigenvalue weighted by Gasteiger charge is -2.44. The second-order valence-corrected chi connectivity index (χ2v) is 12.1. The van der Waals surface area contributed by atoms with E-state index in [1.165, 1.54) is 32.1 Å². The lowest BCUT2D eigenvalue weighted by molar-refractivity contribution is -0.130. The fourth-order valence-corrected chi connectivity index (χ4v) is 6.65. The highest BCUT2D eigenvalue weighted by molar-refractivity contribution is 6.01. The van der Waals surface area contributed by atoms with Crippen LogP contribution in [0.15, 0.2) is 24.6 Å². The fourth-order valence-electron chi connectivity index (χ4n) is 6.65. The van der Waals surface area contributed by atoms with Crippen LogP contribution in [0.4, 0.5) is 0 Å². The van der Waals surface area contributed by atoms with Crippen molar-refractivity contribution in [2.24, 2.45) is 28.6 Å². The predicted molar refractivity (Wildman–Crippen MR) is 143 cm³/mol. The first-order valence-electron chi connectivity index (χ1n) is 13.7. The van der Waals surface area contributed by atoms with Crippen LogP contribution >= 0.6 is 0 Å². The number of terminal acetylenes is 1. The van der Waals surface area contributed by atoms with Gasteiger partial charge in [0, 0.05) is 31.1 Å². The van der Waals surface area contributed by atoms with E-state index in [4.69, 9.17) is 6.42 Å². The van der Waals surface area contributed by atoms with Crippen molar-refractivity contribution in [3.05, 3.63) is 24.6 Å². The van der Waals surface area contributed by atoms with Gasteiger partial charge in [-0.15, -0.1) is 12.3 Å². The highest BCUT2D eigenvalue weighted by Gasteiger charge is 2.69. The summed E-state index contributed by atoms with van der Waals surface area (Å²) in [5.74, 6) is 3.42. The number of Topliss-reactive ketones (excluding diaryl/α,β-unsaturated/α-hetero) is 1. The molecule has 1 amide bonds. The van der Waals surface area contributed by atoms with Gasteiger partial charge in [-0.25, -0.2) is 0 Å². The van der Waals surface area contributed by atoms with E-state index in [1.807, 2.05) is 6.92 Å². The van der Waals surface area contributed by atoms with E-state index >= 15 is 0 Å². The van der Waals surface area contributed by atoms with Crippen molar-refractivity contribution in [1.82, 2.24) is 15.5 Å². The molecule has 0 aromatic rings. The van der Waals surface area contributed by atoms with Crippen LogP contribution in [-0.4, -0.2) is 41.8 Å². The van der Waals surface area contributed by atoms with Crippen LogP contribution in [-0.2, 0) is 9.59 Å². The van der Waals surface area contributed by atoms with Gasteiger partial charge in [-0.1, -0.05) is 67.0 Å². The number of rotatable bonds is 12. The van der Waals surface area contributed by atoms with E-state index in [1.54, 1.807) is 0 Å². The van der Waals surface area contributed by atoms with Crippen molar-refractivity contribution in [1.29, 1.82) is 0 Å². The van der Waals surface area contributed by atoms with E-state index in [0.717, 1.165) is 18.7 Å². The molecular weight excluding hydrogens is 434 g/mol. The van der Waals surface area contributed by atoms with Crippen LogP contribution < -0.4 is 10.6 Å². The molecule has 1 aliphatic heterocycles. The third-order valence-electron chi connectivity index (χ3n) is 9.48. The highest BCUT2D eigenvalue weighted by atomic mass is 16.2. The molecule has 194 valence electrons.